The Labute approximate surface area is 164 Å². The van der Waals surface area contributed by atoms with Crippen LogP contribution in [0.3, 0.4) is 0 Å². The third kappa shape index (κ3) is 3.87. The molecule has 146 valence electrons. The maximum absolute atomic E-state index is 12.8. The van der Waals surface area contributed by atoms with Crippen molar-refractivity contribution in [1.82, 2.24) is 20.0 Å². The molecule has 6 heteroatoms. The summed E-state index contributed by atoms with van der Waals surface area (Å²) in [4.78, 5) is 17.5. The normalized spacial score (nSPS) is 19.5. The summed E-state index contributed by atoms with van der Waals surface area (Å²) >= 11 is 0. The number of aryl methyl sites for hydroxylation is 1. The van der Waals surface area contributed by atoms with Crippen LogP contribution >= 0.6 is 0 Å². The zero-order valence-corrected chi connectivity index (χ0v) is 16.3. The second-order valence-electron chi connectivity index (χ2n) is 7.49. The summed E-state index contributed by atoms with van der Waals surface area (Å²) in [5.41, 5.74) is 3.43. The number of hydrogen-bond acceptors (Lipinski definition) is 4. The molecular formula is C22H26N4O2. The lowest BCUT2D eigenvalue weighted by molar-refractivity contribution is 0.0909. The molecule has 1 aromatic carbocycles. The van der Waals surface area contributed by atoms with Crippen LogP contribution in [0.4, 0.5) is 0 Å². The van der Waals surface area contributed by atoms with Gasteiger partial charge < -0.3 is 19.8 Å². The molecule has 2 unspecified atom stereocenters. The predicted molar refractivity (Wildman–Crippen MR) is 109 cm³/mol. The monoisotopic (exact) mass is 378 g/mol. The van der Waals surface area contributed by atoms with Gasteiger partial charge in [0, 0.05) is 18.4 Å². The Morgan fingerprint density at radius 1 is 1.32 bits per heavy atom. The number of piperidine rings is 1. The molecule has 1 fully saturated rings. The molecule has 0 saturated carbocycles. The maximum Gasteiger partial charge on any atom is 0.255 e. The minimum absolute atomic E-state index is 0.0832. The molecule has 0 spiro atoms. The minimum atomic E-state index is -0.0832. The first-order valence-corrected chi connectivity index (χ1v) is 9.78. The highest BCUT2D eigenvalue weighted by Gasteiger charge is 2.24. The van der Waals surface area contributed by atoms with E-state index in [2.05, 4.69) is 22.5 Å². The van der Waals surface area contributed by atoms with E-state index in [1.807, 2.05) is 60.1 Å². The number of amides is 1. The number of nitrogens with one attached hydrogen (secondary N) is 2. The maximum atomic E-state index is 12.8. The van der Waals surface area contributed by atoms with E-state index in [1.165, 1.54) is 0 Å². The molecule has 0 bridgehead atoms. The highest BCUT2D eigenvalue weighted by molar-refractivity contribution is 5.97. The van der Waals surface area contributed by atoms with Crippen molar-refractivity contribution in [1.29, 1.82) is 0 Å². The van der Waals surface area contributed by atoms with E-state index in [1.54, 1.807) is 0 Å². The Kier molecular flexibility index (Phi) is 5.30. The average molecular weight is 378 g/mol. The number of imidazole rings is 1. The van der Waals surface area contributed by atoms with Crippen molar-refractivity contribution in [2.75, 3.05) is 13.1 Å². The van der Waals surface area contributed by atoms with Crippen LogP contribution in [0.25, 0.3) is 5.65 Å². The van der Waals surface area contributed by atoms with Gasteiger partial charge in [-0.15, -0.1) is 0 Å². The summed E-state index contributed by atoms with van der Waals surface area (Å²) in [6.45, 7) is 6.37. The van der Waals surface area contributed by atoms with Crippen LogP contribution in [0.15, 0.2) is 48.8 Å². The van der Waals surface area contributed by atoms with Crippen LogP contribution in [-0.4, -0.2) is 34.4 Å². The molecule has 1 aliphatic heterocycles. The van der Waals surface area contributed by atoms with Gasteiger partial charge in [-0.25, -0.2) is 4.98 Å². The summed E-state index contributed by atoms with van der Waals surface area (Å²) in [6.07, 6.45) is 4.87. The molecule has 0 radical (unpaired) electrons. The van der Waals surface area contributed by atoms with Gasteiger partial charge in [-0.2, -0.15) is 0 Å². The average Bonchev–Trinajstić information content (AvgIpc) is 3.13. The molecule has 6 nitrogen and oxygen atoms in total. The third-order valence-electron chi connectivity index (χ3n) is 5.34. The Morgan fingerprint density at radius 3 is 3.00 bits per heavy atom. The molecule has 3 heterocycles. The summed E-state index contributed by atoms with van der Waals surface area (Å²) in [5.74, 6) is 0.905. The van der Waals surface area contributed by atoms with E-state index < -0.39 is 0 Å². The summed E-state index contributed by atoms with van der Waals surface area (Å²) in [5, 5.41) is 6.53. The third-order valence-corrected chi connectivity index (χ3v) is 5.34. The Bertz CT molecular complexity index is 982. The molecule has 1 aliphatic rings. The molecular weight excluding hydrogens is 352 g/mol. The van der Waals surface area contributed by atoms with Crippen molar-refractivity contribution in [3.05, 3.63) is 65.6 Å². The van der Waals surface area contributed by atoms with E-state index >= 15 is 0 Å². The van der Waals surface area contributed by atoms with Gasteiger partial charge in [0.05, 0.1) is 11.3 Å². The van der Waals surface area contributed by atoms with Crippen molar-refractivity contribution in [2.45, 2.75) is 32.9 Å². The molecule has 28 heavy (non-hydrogen) atoms. The van der Waals surface area contributed by atoms with Gasteiger partial charge in [0.2, 0.25) is 0 Å². The van der Waals surface area contributed by atoms with Gasteiger partial charge in [0.1, 0.15) is 18.0 Å². The van der Waals surface area contributed by atoms with E-state index in [4.69, 9.17) is 4.74 Å². The van der Waals surface area contributed by atoms with Crippen LogP contribution in [0.2, 0.25) is 0 Å². The highest BCUT2D eigenvalue weighted by atomic mass is 16.5. The lowest BCUT2D eigenvalue weighted by Gasteiger charge is -2.30. The molecule has 2 N–H and O–H groups in total. The summed E-state index contributed by atoms with van der Waals surface area (Å²) in [6, 6.07) is 11.6. The van der Waals surface area contributed by atoms with Gasteiger partial charge >= 0.3 is 0 Å². The van der Waals surface area contributed by atoms with E-state index in [9.17, 15) is 4.79 Å². The fourth-order valence-corrected chi connectivity index (χ4v) is 3.68. The largest absolute Gasteiger partial charge is 0.486 e. The van der Waals surface area contributed by atoms with Crippen LogP contribution in [0.1, 0.15) is 35.0 Å². The van der Waals surface area contributed by atoms with Gasteiger partial charge in [0.25, 0.3) is 5.91 Å². The van der Waals surface area contributed by atoms with Crippen molar-refractivity contribution < 1.29 is 9.53 Å². The minimum Gasteiger partial charge on any atom is -0.486 e. The molecule has 3 aromatic rings. The van der Waals surface area contributed by atoms with Crippen LogP contribution < -0.4 is 15.4 Å². The number of nitrogens with zero attached hydrogens (tertiary/aromatic N) is 2. The number of rotatable bonds is 5. The fourth-order valence-electron chi connectivity index (χ4n) is 3.68. The molecule has 1 saturated heterocycles. The number of hydrogen-bond donors (Lipinski definition) is 2. The van der Waals surface area contributed by atoms with Crippen molar-refractivity contribution in [2.24, 2.45) is 5.92 Å². The van der Waals surface area contributed by atoms with Gasteiger partial charge in [-0.3, -0.25) is 4.79 Å². The summed E-state index contributed by atoms with van der Waals surface area (Å²) < 4.78 is 7.97. The molecule has 1 amide bonds. The standard InChI is InChI=1S/C22H26N4O2/c1-15-6-5-11-26-13-17(24-21(15)26)14-28-20-8-4-3-7-18(20)22(27)25-19-9-10-23-12-16(19)2/h3-8,11,13,16,19,23H,9-10,12,14H2,1-2H3,(H,25,27). The topological polar surface area (TPSA) is 67.7 Å². The van der Waals surface area contributed by atoms with E-state index in [0.29, 0.717) is 23.8 Å². The van der Waals surface area contributed by atoms with Crippen molar-refractivity contribution >= 4 is 11.6 Å². The second-order valence-corrected chi connectivity index (χ2v) is 7.49. The van der Waals surface area contributed by atoms with Crippen molar-refractivity contribution in [3.8, 4) is 5.75 Å². The lowest BCUT2D eigenvalue weighted by atomic mass is 9.95. The van der Waals surface area contributed by atoms with Crippen LogP contribution in [0.5, 0.6) is 5.75 Å². The van der Waals surface area contributed by atoms with Crippen LogP contribution in [-0.2, 0) is 6.61 Å². The summed E-state index contributed by atoms with van der Waals surface area (Å²) in [7, 11) is 0. The zero-order valence-electron chi connectivity index (χ0n) is 16.3. The number of benzene rings is 1. The number of fused-ring (bicyclic) bond motifs is 1. The fraction of sp³-hybridized carbons (Fsp3) is 0.364. The Hall–Kier alpha value is -2.86. The number of carbonyl (C=O) groups is 1. The number of para-hydroxylation sites is 1. The smallest absolute Gasteiger partial charge is 0.255 e. The Balaban J connectivity index is 1.47. The predicted octanol–water partition coefficient (Wildman–Crippen LogP) is 2.95. The molecule has 4 rings (SSSR count). The number of pyridine rings is 1. The lowest BCUT2D eigenvalue weighted by Crippen LogP contribution is -2.48. The first kappa shape index (κ1) is 18.5. The van der Waals surface area contributed by atoms with Gasteiger partial charge in [0.15, 0.2) is 0 Å². The number of aromatic nitrogens is 2. The number of ether oxygens (including phenoxy) is 1. The highest BCUT2D eigenvalue weighted by Crippen LogP contribution is 2.21. The zero-order chi connectivity index (χ0) is 19.5. The molecule has 2 atom stereocenters. The quantitative estimate of drug-likeness (QED) is 0.716. The number of carbonyl (C=O) groups excluding carboxylic acids is 1. The molecule has 0 aliphatic carbocycles. The first-order valence-electron chi connectivity index (χ1n) is 9.78. The van der Waals surface area contributed by atoms with Crippen molar-refractivity contribution in [3.63, 3.8) is 0 Å². The van der Waals surface area contributed by atoms with E-state index in [0.717, 1.165) is 36.4 Å². The molecule has 2 aromatic heterocycles. The second kappa shape index (κ2) is 8.02. The van der Waals surface area contributed by atoms with Crippen LogP contribution in [0, 0.1) is 12.8 Å². The van der Waals surface area contributed by atoms with E-state index in [-0.39, 0.29) is 11.9 Å². The SMILES string of the molecule is Cc1cccn2cc(COc3ccccc3C(=O)NC3CCNCC3C)nc12. The first-order chi connectivity index (χ1) is 13.6. The van der Waals surface area contributed by atoms with Gasteiger partial charge in [-0.1, -0.05) is 25.1 Å². The van der Waals surface area contributed by atoms with Gasteiger partial charge in [-0.05, 0) is 56.1 Å². The Morgan fingerprint density at radius 2 is 2.18 bits per heavy atom.